The molecule has 0 saturated carbocycles. The molecule has 0 N–H and O–H groups in total. The third-order valence-electron chi connectivity index (χ3n) is 3.78. The monoisotopic (exact) mass is 289 g/mol. The second-order valence-corrected chi connectivity index (χ2v) is 6.84. The van der Waals surface area contributed by atoms with Gasteiger partial charge in [-0.25, -0.2) is 0 Å². The average molecular weight is 289 g/mol. The standard InChI is InChI=1S/C18H27NO2/c1-18(2,3)21-17(20)16(19-12-8-5-9-13-19)14-15-10-6-4-7-11-15/h4,6-7,10-11,16H,5,8-9,12-14H2,1-3H3. The number of likely N-dealkylation sites (tertiary alicyclic amines) is 1. The normalized spacial score (nSPS) is 18.2. The highest BCUT2D eigenvalue weighted by Crippen LogP contribution is 2.19. The molecule has 0 aromatic heterocycles. The van der Waals surface area contributed by atoms with Gasteiger partial charge >= 0.3 is 5.97 Å². The average Bonchev–Trinajstić information content (AvgIpc) is 2.45. The Morgan fingerprint density at radius 1 is 1.14 bits per heavy atom. The lowest BCUT2D eigenvalue weighted by atomic mass is 10.0. The summed E-state index contributed by atoms with van der Waals surface area (Å²) in [6.07, 6.45) is 4.35. The van der Waals surface area contributed by atoms with Crippen molar-refractivity contribution in [2.24, 2.45) is 0 Å². The first-order valence-corrected chi connectivity index (χ1v) is 7.96. The van der Waals surface area contributed by atoms with E-state index >= 15 is 0 Å². The van der Waals surface area contributed by atoms with Gasteiger partial charge in [0.25, 0.3) is 0 Å². The summed E-state index contributed by atoms with van der Waals surface area (Å²) in [5, 5.41) is 0. The fourth-order valence-electron chi connectivity index (χ4n) is 2.80. The Bertz CT molecular complexity index is 444. The lowest BCUT2D eigenvalue weighted by Crippen LogP contribution is -2.47. The maximum atomic E-state index is 12.6. The summed E-state index contributed by atoms with van der Waals surface area (Å²) >= 11 is 0. The number of carbonyl (C=O) groups excluding carboxylic acids is 1. The van der Waals surface area contributed by atoms with Gasteiger partial charge in [-0.3, -0.25) is 9.69 Å². The number of hydrogen-bond acceptors (Lipinski definition) is 3. The molecule has 1 aromatic rings. The van der Waals surface area contributed by atoms with Crippen LogP contribution < -0.4 is 0 Å². The second kappa shape index (κ2) is 7.08. The van der Waals surface area contributed by atoms with Crippen molar-refractivity contribution >= 4 is 5.97 Å². The van der Waals surface area contributed by atoms with Gasteiger partial charge in [0.15, 0.2) is 0 Å². The molecule has 0 radical (unpaired) electrons. The fourth-order valence-corrected chi connectivity index (χ4v) is 2.80. The van der Waals surface area contributed by atoms with E-state index in [1.54, 1.807) is 0 Å². The second-order valence-electron chi connectivity index (χ2n) is 6.84. The number of nitrogens with zero attached hydrogens (tertiary/aromatic N) is 1. The Kier molecular flexibility index (Phi) is 5.40. The molecule has 0 spiro atoms. The van der Waals surface area contributed by atoms with Crippen LogP contribution in [0.5, 0.6) is 0 Å². The molecule has 0 amide bonds. The van der Waals surface area contributed by atoms with Gasteiger partial charge in [-0.15, -0.1) is 0 Å². The van der Waals surface area contributed by atoms with E-state index in [2.05, 4.69) is 17.0 Å². The van der Waals surface area contributed by atoms with Gasteiger partial charge in [0.05, 0.1) is 0 Å². The molecule has 0 bridgehead atoms. The van der Waals surface area contributed by atoms with Gasteiger partial charge in [0.2, 0.25) is 0 Å². The van der Waals surface area contributed by atoms with E-state index in [4.69, 9.17) is 4.74 Å². The number of benzene rings is 1. The molecule has 2 rings (SSSR count). The molecule has 0 aliphatic carbocycles. The van der Waals surface area contributed by atoms with Gasteiger partial charge < -0.3 is 4.74 Å². The first-order chi connectivity index (χ1) is 9.96. The molecule has 1 aliphatic heterocycles. The van der Waals surface area contributed by atoms with Crippen LogP contribution in [0.1, 0.15) is 45.6 Å². The van der Waals surface area contributed by atoms with Crippen LogP contribution in [0.15, 0.2) is 30.3 Å². The number of carbonyl (C=O) groups is 1. The van der Waals surface area contributed by atoms with Gasteiger partial charge in [-0.1, -0.05) is 36.8 Å². The molecule has 1 saturated heterocycles. The molecule has 1 unspecified atom stereocenters. The Labute approximate surface area is 128 Å². The molecule has 1 atom stereocenters. The topological polar surface area (TPSA) is 29.5 Å². The van der Waals surface area contributed by atoms with Gasteiger partial charge in [0, 0.05) is 0 Å². The van der Waals surface area contributed by atoms with E-state index in [9.17, 15) is 4.79 Å². The molecule has 3 heteroatoms. The zero-order valence-electron chi connectivity index (χ0n) is 13.5. The predicted molar refractivity (Wildman–Crippen MR) is 85.2 cm³/mol. The molecule has 21 heavy (non-hydrogen) atoms. The summed E-state index contributed by atoms with van der Waals surface area (Å²) in [6, 6.07) is 10.1. The number of piperidine rings is 1. The zero-order valence-corrected chi connectivity index (χ0v) is 13.5. The Balaban J connectivity index is 2.11. The van der Waals surface area contributed by atoms with Crippen molar-refractivity contribution in [3.05, 3.63) is 35.9 Å². The minimum Gasteiger partial charge on any atom is -0.459 e. The summed E-state index contributed by atoms with van der Waals surface area (Å²) in [6.45, 7) is 7.79. The highest BCUT2D eigenvalue weighted by Gasteiger charge is 2.31. The van der Waals surface area contributed by atoms with E-state index < -0.39 is 5.60 Å². The van der Waals surface area contributed by atoms with Gasteiger partial charge in [0.1, 0.15) is 11.6 Å². The van der Waals surface area contributed by atoms with Crippen LogP contribution in [-0.2, 0) is 16.0 Å². The van der Waals surface area contributed by atoms with E-state index in [1.165, 1.54) is 24.8 Å². The SMILES string of the molecule is CC(C)(C)OC(=O)C(Cc1ccccc1)N1CCCCC1. The first kappa shape index (κ1) is 16.0. The lowest BCUT2D eigenvalue weighted by Gasteiger charge is -2.34. The van der Waals surface area contributed by atoms with Crippen LogP contribution in [0.25, 0.3) is 0 Å². The van der Waals surface area contributed by atoms with Crippen molar-refractivity contribution in [1.82, 2.24) is 4.90 Å². The summed E-state index contributed by atoms with van der Waals surface area (Å²) in [7, 11) is 0. The van der Waals surface area contributed by atoms with E-state index in [1.807, 2.05) is 39.0 Å². The van der Waals surface area contributed by atoms with Crippen molar-refractivity contribution in [1.29, 1.82) is 0 Å². The highest BCUT2D eigenvalue weighted by atomic mass is 16.6. The van der Waals surface area contributed by atoms with E-state index in [-0.39, 0.29) is 12.0 Å². The Morgan fingerprint density at radius 2 is 1.76 bits per heavy atom. The van der Waals surface area contributed by atoms with Crippen LogP contribution in [0, 0.1) is 0 Å². The zero-order chi connectivity index (χ0) is 15.3. The first-order valence-electron chi connectivity index (χ1n) is 7.96. The number of ether oxygens (including phenoxy) is 1. The van der Waals surface area contributed by atoms with Crippen LogP contribution in [0.3, 0.4) is 0 Å². The van der Waals surface area contributed by atoms with Crippen molar-refractivity contribution in [2.75, 3.05) is 13.1 Å². The molecule has 1 fully saturated rings. The summed E-state index contributed by atoms with van der Waals surface area (Å²) in [5.74, 6) is -0.0896. The van der Waals surface area contributed by atoms with Crippen LogP contribution in [-0.4, -0.2) is 35.6 Å². The number of esters is 1. The van der Waals surface area contributed by atoms with Crippen molar-refractivity contribution in [2.45, 2.75) is 58.1 Å². The maximum absolute atomic E-state index is 12.6. The predicted octanol–water partition coefficient (Wildman–Crippen LogP) is 3.43. The molecule has 3 nitrogen and oxygen atoms in total. The minimum atomic E-state index is -0.429. The van der Waals surface area contributed by atoms with Crippen molar-refractivity contribution < 1.29 is 9.53 Å². The van der Waals surface area contributed by atoms with Gasteiger partial charge in [-0.2, -0.15) is 0 Å². The summed E-state index contributed by atoms with van der Waals surface area (Å²) in [4.78, 5) is 14.9. The van der Waals surface area contributed by atoms with E-state index in [0.29, 0.717) is 0 Å². The van der Waals surface area contributed by atoms with Crippen LogP contribution in [0.4, 0.5) is 0 Å². The molecular formula is C18H27NO2. The molecular weight excluding hydrogens is 262 g/mol. The maximum Gasteiger partial charge on any atom is 0.324 e. The molecule has 116 valence electrons. The highest BCUT2D eigenvalue weighted by molar-refractivity contribution is 5.76. The number of hydrogen-bond donors (Lipinski definition) is 0. The Hall–Kier alpha value is -1.35. The molecule has 1 aliphatic rings. The number of rotatable bonds is 4. The van der Waals surface area contributed by atoms with Crippen LogP contribution in [0.2, 0.25) is 0 Å². The quantitative estimate of drug-likeness (QED) is 0.795. The largest absolute Gasteiger partial charge is 0.459 e. The van der Waals surface area contributed by atoms with Crippen molar-refractivity contribution in [3.8, 4) is 0 Å². The minimum absolute atomic E-state index is 0.0896. The van der Waals surface area contributed by atoms with Crippen molar-refractivity contribution in [3.63, 3.8) is 0 Å². The third kappa shape index (κ3) is 5.16. The van der Waals surface area contributed by atoms with Gasteiger partial charge in [-0.05, 0) is 58.7 Å². The van der Waals surface area contributed by atoms with E-state index in [0.717, 1.165) is 19.5 Å². The Morgan fingerprint density at radius 3 is 2.33 bits per heavy atom. The fraction of sp³-hybridized carbons (Fsp3) is 0.611. The summed E-state index contributed by atoms with van der Waals surface area (Å²) in [5.41, 5.74) is 0.765. The smallest absolute Gasteiger partial charge is 0.324 e. The summed E-state index contributed by atoms with van der Waals surface area (Å²) < 4.78 is 5.64. The molecule has 1 aromatic carbocycles. The molecule has 1 heterocycles. The van der Waals surface area contributed by atoms with Crippen LogP contribution >= 0.6 is 0 Å². The lowest BCUT2D eigenvalue weighted by molar-refractivity contribution is -0.161. The third-order valence-corrected chi connectivity index (χ3v) is 3.78.